The van der Waals surface area contributed by atoms with Gasteiger partial charge in [0, 0.05) is 22.9 Å². The summed E-state index contributed by atoms with van der Waals surface area (Å²) in [4.78, 5) is 0.225. The monoisotopic (exact) mass is 308 g/mol. The number of rotatable bonds is 5. The first-order chi connectivity index (χ1) is 9.74. The molecule has 3 N–H and O–H groups in total. The van der Waals surface area contributed by atoms with Gasteiger partial charge in [-0.25, -0.2) is 13.1 Å². The molecule has 0 unspecified atom stereocenters. The first-order valence-corrected chi connectivity index (χ1v) is 8.07. The average Bonchev–Trinajstić information content (AvgIpc) is 2.43. The molecule has 114 valence electrons. The summed E-state index contributed by atoms with van der Waals surface area (Å²) in [6.45, 7) is 3.69. The molecule has 0 saturated carbocycles. The van der Waals surface area contributed by atoms with Crippen LogP contribution in [0.3, 0.4) is 0 Å². The Kier molecular flexibility index (Phi) is 4.22. The van der Waals surface area contributed by atoms with Crippen molar-refractivity contribution in [3.8, 4) is 5.75 Å². The zero-order valence-electron chi connectivity index (χ0n) is 12.4. The van der Waals surface area contributed by atoms with Gasteiger partial charge in [0.1, 0.15) is 5.75 Å². The molecule has 0 aliphatic carbocycles. The molecule has 0 bridgehead atoms. The Morgan fingerprint density at radius 2 is 1.76 bits per heavy atom. The summed E-state index contributed by atoms with van der Waals surface area (Å²) in [5.74, 6) is 0.642. The zero-order chi connectivity index (χ0) is 15.7. The van der Waals surface area contributed by atoms with E-state index in [0.29, 0.717) is 11.1 Å². The molecule has 0 saturated heterocycles. The van der Waals surface area contributed by atoms with Crippen molar-refractivity contribution in [1.29, 1.82) is 0 Å². The zero-order valence-corrected chi connectivity index (χ0v) is 13.2. The van der Waals surface area contributed by atoms with Crippen molar-refractivity contribution < 1.29 is 13.2 Å². The molecule has 2 aromatic carbocycles. The normalized spacial score (nSPS) is 12.6. The molecule has 2 aromatic rings. The van der Waals surface area contributed by atoms with Crippen molar-refractivity contribution in [2.24, 2.45) is 5.73 Å². The number of sulfonamides is 1. The fraction of sp³-hybridized carbons (Fsp3) is 0.333. The quantitative estimate of drug-likeness (QED) is 0.883. The summed E-state index contributed by atoms with van der Waals surface area (Å²) in [6.07, 6.45) is 0. The van der Waals surface area contributed by atoms with Crippen molar-refractivity contribution in [3.05, 3.63) is 36.4 Å². The maximum atomic E-state index is 12.5. The van der Waals surface area contributed by atoms with Crippen molar-refractivity contribution >= 4 is 20.8 Å². The molecule has 0 atom stereocenters. The van der Waals surface area contributed by atoms with E-state index >= 15 is 0 Å². The van der Waals surface area contributed by atoms with Crippen LogP contribution in [0.4, 0.5) is 0 Å². The number of hydrogen-bond donors (Lipinski definition) is 2. The van der Waals surface area contributed by atoms with E-state index in [-0.39, 0.29) is 11.4 Å². The van der Waals surface area contributed by atoms with E-state index in [4.69, 9.17) is 10.5 Å². The lowest BCUT2D eigenvalue weighted by atomic mass is 10.1. The van der Waals surface area contributed by atoms with Crippen molar-refractivity contribution in [1.82, 2.24) is 4.72 Å². The number of nitrogens with one attached hydrogen (secondary N) is 1. The van der Waals surface area contributed by atoms with Gasteiger partial charge < -0.3 is 10.5 Å². The van der Waals surface area contributed by atoms with Crippen LogP contribution in [-0.4, -0.2) is 27.6 Å². The third-order valence-electron chi connectivity index (χ3n) is 3.07. The van der Waals surface area contributed by atoms with Gasteiger partial charge in [-0.15, -0.1) is 0 Å². The van der Waals surface area contributed by atoms with Gasteiger partial charge in [-0.2, -0.15) is 0 Å². The van der Waals surface area contributed by atoms with E-state index in [2.05, 4.69) is 4.72 Å². The molecule has 0 heterocycles. The molecule has 0 aliphatic heterocycles. The lowest BCUT2D eigenvalue weighted by Crippen LogP contribution is -2.45. The van der Waals surface area contributed by atoms with Gasteiger partial charge in [-0.05, 0) is 26.0 Å². The Morgan fingerprint density at radius 3 is 2.33 bits per heavy atom. The highest BCUT2D eigenvalue weighted by molar-refractivity contribution is 7.89. The molecule has 5 nitrogen and oxygen atoms in total. The number of benzene rings is 2. The number of hydrogen-bond acceptors (Lipinski definition) is 4. The van der Waals surface area contributed by atoms with Crippen LogP contribution >= 0.6 is 0 Å². The first kappa shape index (κ1) is 15.8. The summed E-state index contributed by atoms with van der Waals surface area (Å²) in [6, 6.07) is 10.4. The summed E-state index contributed by atoms with van der Waals surface area (Å²) < 4.78 is 32.8. The van der Waals surface area contributed by atoms with Gasteiger partial charge >= 0.3 is 0 Å². The Balaban J connectivity index is 2.52. The van der Waals surface area contributed by atoms with E-state index in [1.807, 2.05) is 12.1 Å². The van der Waals surface area contributed by atoms with E-state index < -0.39 is 15.6 Å². The molecule has 0 radical (unpaired) electrons. The summed E-state index contributed by atoms with van der Waals surface area (Å²) in [7, 11) is -2.07. The Bertz CT molecular complexity index is 749. The lowest BCUT2D eigenvalue weighted by Gasteiger charge is -2.19. The maximum absolute atomic E-state index is 12.5. The second-order valence-electron chi connectivity index (χ2n) is 5.62. The SMILES string of the molecule is COc1ccc(S(=O)(=O)NCC(C)(C)N)c2ccccc12. The minimum Gasteiger partial charge on any atom is -0.496 e. The minimum absolute atomic E-state index is 0.162. The number of nitrogens with two attached hydrogens (primary N) is 1. The Morgan fingerprint density at radius 1 is 1.14 bits per heavy atom. The van der Waals surface area contributed by atoms with Crippen LogP contribution in [0.2, 0.25) is 0 Å². The van der Waals surface area contributed by atoms with E-state index in [9.17, 15) is 8.42 Å². The molecule has 0 fully saturated rings. The molecule has 21 heavy (non-hydrogen) atoms. The molecule has 0 amide bonds. The average molecular weight is 308 g/mol. The van der Waals surface area contributed by atoms with E-state index in [1.54, 1.807) is 45.2 Å². The highest BCUT2D eigenvalue weighted by Crippen LogP contribution is 2.30. The molecule has 0 aromatic heterocycles. The molecule has 0 aliphatic rings. The van der Waals surface area contributed by atoms with Crippen molar-refractivity contribution in [2.45, 2.75) is 24.3 Å². The van der Waals surface area contributed by atoms with E-state index in [0.717, 1.165) is 5.39 Å². The Labute approximate surface area is 125 Å². The highest BCUT2D eigenvalue weighted by Gasteiger charge is 2.21. The standard InChI is InChI=1S/C15H20N2O3S/c1-15(2,16)10-17-21(18,19)14-9-8-13(20-3)11-6-4-5-7-12(11)14/h4-9,17H,10,16H2,1-3H3. The summed E-state index contributed by atoms with van der Waals surface area (Å²) in [5.41, 5.74) is 5.22. The molecule has 2 rings (SSSR count). The summed E-state index contributed by atoms with van der Waals surface area (Å²) in [5, 5.41) is 1.38. The maximum Gasteiger partial charge on any atom is 0.241 e. The molecular formula is C15H20N2O3S. The molecular weight excluding hydrogens is 288 g/mol. The van der Waals surface area contributed by atoms with Crippen LogP contribution < -0.4 is 15.2 Å². The van der Waals surface area contributed by atoms with Crippen LogP contribution in [-0.2, 0) is 10.0 Å². The smallest absolute Gasteiger partial charge is 0.241 e. The van der Waals surface area contributed by atoms with Gasteiger partial charge in [-0.3, -0.25) is 0 Å². The summed E-state index contributed by atoms with van der Waals surface area (Å²) >= 11 is 0. The van der Waals surface area contributed by atoms with Crippen molar-refractivity contribution in [2.75, 3.05) is 13.7 Å². The first-order valence-electron chi connectivity index (χ1n) is 6.59. The third kappa shape index (κ3) is 3.53. The highest BCUT2D eigenvalue weighted by atomic mass is 32.2. The van der Waals surface area contributed by atoms with Crippen LogP contribution in [0.15, 0.2) is 41.3 Å². The van der Waals surface area contributed by atoms with Crippen LogP contribution in [0.25, 0.3) is 10.8 Å². The van der Waals surface area contributed by atoms with Gasteiger partial charge in [0.05, 0.1) is 12.0 Å². The van der Waals surface area contributed by atoms with Crippen LogP contribution in [0.1, 0.15) is 13.8 Å². The van der Waals surface area contributed by atoms with Gasteiger partial charge in [0.2, 0.25) is 10.0 Å². The third-order valence-corrected chi connectivity index (χ3v) is 4.53. The lowest BCUT2D eigenvalue weighted by molar-refractivity contribution is 0.419. The van der Waals surface area contributed by atoms with Crippen molar-refractivity contribution in [3.63, 3.8) is 0 Å². The largest absolute Gasteiger partial charge is 0.496 e. The van der Waals surface area contributed by atoms with Gasteiger partial charge in [-0.1, -0.05) is 24.3 Å². The fourth-order valence-corrected chi connectivity index (χ4v) is 3.45. The number of methoxy groups -OCH3 is 1. The van der Waals surface area contributed by atoms with Gasteiger partial charge in [0.15, 0.2) is 0 Å². The fourth-order valence-electron chi connectivity index (χ4n) is 2.01. The van der Waals surface area contributed by atoms with Gasteiger partial charge in [0.25, 0.3) is 0 Å². The van der Waals surface area contributed by atoms with Crippen LogP contribution in [0.5, 0.6) is 5.75 Å². The van der Waals surface area contributed by atoms with Crippen LogP contribution in [0, 0.1) is 0 Å². The van der Waals surface area contributed by atoms with E-state index in [1.165, 1.54) is 0 Å². The number of ether oxygens (including phenoxy) is 1. The second-order valence-corrected chi connectivity index (χ2v) is 7.36. The topological polar surface area (TPSA) is 81.4 Å². The predicted octanol–water partition coefficient (Wildman–Crippen LogP) is 1.86. The predicted molar refractivity (Wildman–Crippen MR) is 84.0 cm³/mol. The number of fused-ring (bicyclic) bond motifs is 1. The molecule has 0 spiro atoms. The second kappa shape index (κ2) is 5.63. The Hall–Kier alpha value is -1.63. The minimum atomic E-state index is -3.63. The molecule has 6 heteroatoms.